The first-order valence-corrected chi connectivity index (χ1v) is 9.99. The van der Waals surface area contributed by atoms with Gasteiger partial charge in [-0.15, -0.1) is 0 Å². The van der Waals surface area contributed by atoms with Gasteiger partial charge in [0.2, 0.25) is 5.95 Å². The Bertz CT molecular complexity index is 1190. The van der Waals surface area contributed by atoms with Crippen LogP contribution in [0.1, 0.15) is 21.6 Å². The van der Waals surface area contributed by atoms with Crippen molar-refractivity contribution in [3.63, 3.8) is 0 Å². The molecule has 3 aromatic carbocycles. The van der Waals surface area contributed by atoms with Crippen molar-refractivity contribution in [3.05, 3.63) is 102 Å². The fourth-order valence-electron chi connectivity index (χ4n) is 3.15. The number of carbonyl (C=O) groups excluding carboxylic acids is 1. The minimum absolute atomic E-state index is 0.127. The van der Waals surface area contributed by atoms with Crippen molar-refractivity contribution >= 4 is 34.7 Å². The number of amides is 1. The van der Waals surface area contributed by atoms with Gasteiger partial charge in [-0.25, -0.2) is 4.98 Å². The van der Waals surface area contributed by atoms with Crippen molar-refractivity contribution in [2.75, 3.05) is 16.0 Å². The highest BCUT2D eigenvalue weighted by atomic mass is 16.1. The van der Waals surface area contributed by atoms with Gasteiger partial charge < -0.3 is 16.0 Å². The average Bonchev–Trinajstić information content (AvgIpc) is 2.76. The second kappa shape index (κ2) is 9.09. The molecule has 0 saturated heterocycles. The molecule has 0 radical (unpaired) electrons. The number of hydrogen-bond acceptors (Lipinski definition) is 5. The molecule has 1 aromatic heterocycles. The molecule has 31 heavy (non-hydrogen) atoms. The van der Waals surface area contributed by atoms with Crippen molar-refractivity contribution in [2.24, 2.45) is 0 Å². The second-order valence-corrected chi connectivity index (χ2v) is 7.18. The maximum Gasteiger partial charge on any atom is 0.255 e. The summed E-state index contributed by atoms with van der Waals surface area (Å²) in [6.45, 7) is 3.85. The third-order valence-electron chi connectivity index (χ3n) is 4.69. The van der Waals surface area contributed by atoms with Gasteiger partial charge in [0.15, 0.2) is 0 Å². The van der Waals surface area contributed by atoms with Crippen LogP contribution in [0.5, 0.6) is 0 Å². The molecule has 6 nitrogen and oxygen atoms in total. The van der Waals surface area contributed by atoms with E-state index in [1.807, 2.05) is 98.8 Å². The van der Waals surface area contributed by atoms with Crippen LogP contribution >= 0.6 is 0 Å². The molecule has 0 atom stereocenters. The van der Waals surface area contributed by atoms with Crippen LogP contribution in [0.3, 0.4) is 0 Å². The fourth-order valence-corrected chi connectivity index (χ4v) is 3.15. The van der Waals surface area contributed by atoms with Crippen molar-refractivity contribution in [2.45, 2.75) is 13.8 Å². The Morgan fingerprint density at radius 3 is 2.10 bits per heavy atom. The van der Waals surface area contributed by atoms with E-state index in [2.05, 4.69) is 25.9 Å². The minimum atomic E-state index is -0.127. The average molecular weight is 409 g/mol. The fraction of sp³-hybridized carbons (Fsp3) is 0.0800. The standard InChI is InChI=1S/C25H23N5O/c1-17-8-6-7-11-22(17)24(31)28-20-12-14-21(15-13-20)29-25-26-18(2)16-23(30-25)27-19-9-4-3-5-10-19/h3-16H,1-2H3,(H,28,31)(H2,26,27,29,30). The van der Waals surface area contributed by atoms with E-state index in [0.717, 1.165) is 28.3 Å². The number of nitrogens with zero attached hydrogens (tertiary/aromatic N) is 2. The predicted octanol–water partition coefficient (Wildman–Crippen LogP) is 5.83. The quantitative estimate of drug-likeness (QED) is 0.373. The molecular weight excluding hydrogens is 386 g/mol. The molecule has 0 aliphatic heterocycles. The Morgan fingerprint density at radius 1 is 0.710 bits per heavy atom. The zero-order valence-corrected chi connectivity index (χ0v) is 17.4. The zero-order valence-electron chi connectivity index (χ0n) is 17.4. The summed E-state index contributed by atoms with van der Waals surface area (Å²) in [6.07, 6.45) is 0. The van der Waals surface area contributed by atoms with Crippen LogP contribution in [-0.4, -0.2) is 15.9 Å². The molecule has 4 aromatic rings. The zero-order chi connectivity index (χ0) is 21.6. The number of anilines is 5. The number of aryl methyl sites for hydroxylation is 2. The van der Waals surface area contributed by atoms with Crippen LogP contribution in [0.2, 0.25) is 0 Å². The Kier molecular flexibility index (Phi) is 5.89. The molecule has 3 N–H and O–H groups in total. The number of hydrogen-bond donors (Lipinski definition) is 3. The summed E-state index contributed by atoms with van der Waals surface area (Å²) in [6, 6.07) is 26.7. The maximum atomic E-state index is 12.5. The van der Waals surface area contributed by atoms with Gasteiger partial charge in [0.25, 0.3) is 5.91 Å². The van der Waals surface area contributed by atoms with Gasteiger partial charge in [-0.2, -0.15) is 4.98 Å². The monoisotopic (exact) mass is 409 g/mol. The van der Waals surface area contributed by atoms with E-state index < -0.39 is 0 Å². The molecule has 1 heterocycles. The summed E-state index contributed by atoms with van der Waals surface area (Å²) >= 11 is 0. The van der Waals surface area contributed by atoms with Gasteiger partial charge in [-0.1, -0.05) is 36.4 Å². The van der Waals surface area contributed by atoms with Crippen LogP contribution in [0.15, 0.2) is 84.9 Å². The maximum absolute atomic E-state index is 12.5. The number of carbonyl (C=O) groups is 1. The summed E-state index contributed by atoms with van der Waals surface area (Å²) in [5.41, 5.74) is 4.95. The highest BCUT2D eigenvalue weighted by Crippen LogP contribution is 2.21. The lowest BCUT2D eigenvalue weighted by Crippen LogP contribution is -2.13. The van der Waals surface area contributed by atoms with E-state index >= 15 is 0 Å². The number of benzene rings is 3. The summed E-state index contributed by atoms with van der Waals surface area (Å²) in [5, 5.41) is 9.43. The number of nitrogens with one attached hydrogen (secondary N) is 3. The van der Waals surface area contributed by atoms with E-state index in [9.17, 15) is 4.79 Å². The normalized spacial score (nSPS) is 10.4. The van der Waals surface area contributed by atoms with Gasteiger partial charge in [-0.05, 0) is 61.9 Å². The third kappa shape index (κ3) is 5.25. The minimum Gasteiger partial charge on any atom is -0.340 e. The second-order valence-electron chi connectivity index (χ2n) is 7.18. The summed E-state index contributed by atoms with van der Waals surface area (Å²) in [7, 11) is 0. The lowest BCUT2D eigenvalue weighted by atomic mass is 10.1. The highest BCUT2D eigenvalue weighted by Gasteiger charge is 2.09. The molecule has 0 saturated carbocycles. The first kappa shape index (κ1) is 20.1. The molecule has 0 unspecified atom stereocenters. The van der Waals surface area contributed by atoms with E-state index in [4.69, 9.17) is 0 Å². The van der Waals surface area contributed by atoms with Gasteiger partial charge in [0.05, 0.1) is 0 Å². The summed E-state index contributed by atoms with van der Waals surface area (Å²) in [4.78, 5) is 21.5. The molecule has 0 fully saturated rings. The molecule has 154 valence electrons. The van der Waals surface area contributed by atoms with Crippen LogP contribution < -0.4 is 16.0 Å². The molecule has 0 spiro atoms. The smallest absolute Gasteiger partial charge is 0.255 e. The Morgan fingerprint density at radius 2 is 1.35 bits per heavy atom. The van der Waals surface area contributed by atoms with Gasteiger partial charge in [-0.3, -0.25) is 4.79 Å². The predicted molar refractivity (Wildman–Crippen MR) is 125 cm³/mol. The highest BCUT2D eigenvalue weighted by molar-refractivity contribution is 6.05. The molecule has 4 rings (SSSR count). The molecular formula is C25H23N5O. The Hall–Kier alpha value is -4.19. The van der Waals surface area contributed by atoms with Gasteiger partial charge in [0.1, 0.15) is 5.82 Å². The Labute approximate surface area is 181 Å². The van der Waals surface area contributed by atoms with Crippen LogP contribution in [0.25, 0.3) is 0 Å². The van der Waals surface area contributed by atoms with Crippen LogP contribution in [-0.2, 0) is 0 Å². The van der Waals surface area contributed by atoms with Crippen molar-refractivity contribution in [3.8, 4) is 0 Å². The Balaban J connectivity index is 1.44. The van der Waals surface area contributed by atoms with E-state index in [1.165, 1.54) is 0 Å². The van der Waals surface area contributed by atoms with E-state index in [-0.39, 0.29) is 5.91 Å². The first-order chi connectivity index (χ1) is 15.1. The molecule has 0 aliphatic rings. The largest absolute Gasteiger partial charge is 0.340 e. The lowest BCUT2D eigenvalue weighted by molar-refractivity contribution is 0.102. The van der Waals surface area contributed by atoms with Crippen molar-refractivity contribution < 1.29 is 4.79 Å². The number of rotatable bonds is 6. The van der Waals surface area contributed by atoms with Crippen molar-refractivity contribution in [1.29, 1.82) is 0 Å². The molecule has 0 bridgehead atoms. The lowest BCUT2D eigenvalue weighted by Gasteiger charge is -2.11. The van der Waals surface area contributed by atoms with Gasteiger partial charge >= 0.3 is 0 Å². The van der Waals surface area contributed by atoms with Crippen molar-refractivity contribution in [1.82, 2.24) is 9.97 Å². The van der Waals surface area contributed by atoms with E-state index in [0.29, 0.717) is 17.3 Å². The van der Waals surface area contributed by atoms with Gasteiger partial charge in [0, 0.05) is 34.4 Å². The topological polar surface area (TPSA) is 78.9 Å². The number of aromatic nitrogens is 2. The van der Waals surface area contributed by atoms with E-state index in [1.54, 1.807) is 0 Å². The van der Waals surface area contributed by atoms with Crippen LogP contribution in [0, 0.1) is 13.8 Å². The summed E-state index contributed by atoms with van der Waals surface area (Å²) < 4.78 is 0. The van der Waals surface area contributed by atoms with Crippen LogP contribution in [0.4, 0.5) is 28.8 Å². The molecule has 1 amide bonds. The third-order valence-corrected chi connectivity index (χ3v) is 4.69. The summed E-state index contributed by atoms with van der Waals surface area (Å²) in [5.74, 6) is 1.08. The number of para-hydroxylation sites is 1. The molecule has 0 aliphatic carbocycles. The first-order valence-electron chi connectivity index (χ1n) is 9.99. The SMILES string of the molecule is Cc1cc(Nc2ccccc2)nc(Nc2ccc(NC(=O)c3ccccc3C)cc2)n1. The molecule has 6 heteroatoms.